The fourth-order valence-corrected chi connectivity index (χ4v) is 1.08. The fraction of sp³-hybridized carbons (Fsp3) is 0.500. The second kappa shape index (κ2) is 4.54. The van der Waals surface area contributed by atoms with Crippen LogP contribution in [0, 0.1) is 10.1 Å². The predicted molar refractivity (Wildman–Crippen MR) is 54.2 cm³/mol. The van der Waals surface area contributed by atoms with Crippen molar-refractivity contribution < 1.29 is 9.66 Å². The molecule has 0 atom stereocenters. The van der Waals surface area contributed by atoms with Crippen LogP contribution in [0.4, 0.5) is 11.5 Å². The van der Waals surface area contributed by atoms with Gasteiger partial charge in [0.25, 0.3) is 5.88 Å². The summed E-state index contributed by atoms with van der Waals surface area (Å²) in [5, 5.41) is 10.8. The lowest BCUT2D eigenvalue weighted by Crippen LogP contribution is -2.14. The van der Waals surface area contributed by atoms with E-state index in [0.29, 0.717) is 6.61 Å². The fourth-order valence-electron chi connectivity index (χ4n) is 1.08. The third-order valence-electron chi connectivity index (χ3n) is 1.66. The summed E-state index contributed by atoms with van der Waals surface area (Å²) in [6.07, 6.45) is 1.24. The number of rotatable bonds is 4. The smallest absolute Gasteiger partial charge is 0.372 e. The zero-order valence-corrected chi connectivity index (χ0v) is 8.80. The highest BCUT2D eigenvalue weighted by atomic mass is 16.6. The molecular weight excluding hydrogens is 200 g/mol. The zero-order valence-electron chi connectivity index (χ0n) is 8.80. The van der Waals surface area contributed by atoms with E-state index in [1.165, 1.54) is 6.33 Å². The van der Waals surface area contributed by atoms with E-state index in [1.54, 1.807) is 25.9 Å². The van der Waals surface area contributed by atoms with Gasteiger partial charge in [-0.2, -0.15) is 4.98 Å². The van der Waals surface area contributed by atoms with E-state index >= 15 is 0 Å². The summed E-state index contributed by atoms with van der Waals surface area (Å²) in [5.41, 5.74) is -0.204. The summed E-state index contributed by atoms with van der Waals surface area (Å²) < 4.78 is 5.07. The molecule has 0 aromatic carbocycles. The lowest BCUT2D eigenvalue weighted by Gasteiger charge is -2.12. The van der Waals surface area contributed by atoms with E-state index in [0.717, 1.165) is 0 Å². The molecule has 0 radical (unpaired) electrons. The second-order valence-corrected chi connectivity index (χ2v) is 2.94. The van der Waals surface area contributed by atoms with Crippen molar-refractivity contribution in [1.29, 1.82) is 0 Å². The molecule has 0 amide bonds. The quantitative estimate of drug-likeness (QED) is 0.543. The number of ether oxygens (including phenoxy) is 1. The van der Waals surface area contributed by atoms with Crippen LogP contribution < -0.4 is 9.64 Å². The Hall–Kier alpha value is -1.92. The van der Waals surface area contributed by atoms with E-state index in [2.05, 4.69) is 9.97 Å². The van der Waals surface area contributed by atoms with Gasteiger partial charge in [-0.05, 0) is 6.92 Å². The van der Waals surface area contributed by atoms with Gasteiger partial charge in [-0.25, -0.2) is 4.98 Å². The van der Waals surface area contributed by atoms with Crippen LogP contribution in [0.1, 0.15) is 6.92 Å². The molecule has 0 saturated heterocycles. The van der Waals surface area contributed by atoms with Gasteiger partial charge in [0.1, 0.15) is 6.33 Å². The summed E-state index contributed by atoms with van der Waals surface area (Å²) >= 11 is 0. The molecule has 1 heterocycles. The SMILES string of the molecule is CCOc1ncnc(N(C)C)c1[N+](=O)[O-]. The number of aromatic nitrogens is 2. The van der Waals surface area contributed by atoms with Crippen LogP contribution in [-0.4, -0.2) is 35.6 Å². The monoisotopic (exact) mass is 212 g/mol. The third kappa shape index (κ3) is 2.30. The molecule has 15 heavy (non-hydrogen) atoms. The maximum Gasteiger partial charge on any atom is 0.372 e. The van der Waals surface area contributed by atoms with Crippen LogP contribution in [0.15, 0.2) is 6.33 Å². The molecule has 0 N–H and O–H groups in total. The van der Waals surface area contributed by atoms with Gasteiger partial charge in [-0.15, -0.1) is 0 Å². The van der Waals surface area contributed by atoms with Crippen molar-refractivity contribution >= 4 is 11.5 Å². The first-order valence-electron chi connectivity index (χ1n) is 4.37. The molecule has 7 heteroatoms. The first-order valence-corrected chi connectivity index (χ1v) is 4.37. The number of anilines is 1. The molecule has 0 bridgehead atoms. The summed E-state index contributed by atoms with van der Waals surface area (Å²) in [4.78, 5) is 19.4. The highest BCUT2D eigenvalue weighted by Crippen LogP contribution is 2.31. The minimum absolute atomic E-state index is 0.00111. The molecule has 82 valence electrons. The van der Waals surface area contributed by atoms with Gasteiger partial charge in [-0.1, -0.05) is 0 Å². The zero-order chi connectivity index (χ0) is 11.4. The van der Waals surface area contributed by atoms with E-state index in [1.807, 2.05) is 0 Å². The van der Waals surface area contributed by atoms with Gasteiger partial charge in [0.05, 0.1) is 11.5 Å². The van der Waals surface area contributed by atoms with E-state index < -0.39 is 4.92 Å². The molecule has 0 aliphatic heterocycles. The van der Waals surface area contributed by atoms with Gasteiger partial charge < -0.3 is 9.64 Å². The number of nitrogens with zero attached hydrogens (tertiary/aromatic N) is 4. The molecule has 1 aromatic heterocycles. The Bertz CT molecular complexity index is 367. The van der Waals surface area contributed by atoms with Gasteiger partial charge in [0.2, 0.25) is 5.82 Å². The summed E-state index contributed by atoms with van der Waals surface area (Å²) in [7, 11) is 3.34. The van der Waals surface area contributed by atoms with Crippen molar-refractivity contribution in [3.63, 3.8) is 0 Å². The maximum atomic E-state index is 10.8. The normalized spacial score (nSPS) is 9.80. The van der Waals surface area contributed by atoms with Gasteiger partial charge in [-0.3, -0.25) is 10.1 Å². The van der Waals surface area contributed by atoms with Gasteiger partial charge in [0, 0.05) is 14.1 Å². The average Bonchev–Trinajstić information content (AvgIpc) is 2.17. The van der Waals surface area contributed by atoms with Crippen molar-refractivity contribution in [1.82, 2.24) is 9.97 Å². The van der Waals surface area contributed by atoms with Crippen LogP contribution in [0.2, 0.25) is 0 Å². The summed E-state index contributed by atoms with van der Waals surface area (Å²) in [6.45, 7) is 2.06. The maximum absolute atomic E-state index is 10.8. The second-order valence-electron chi connectivity index (χ2n) is 2.94. The summed E-state index contributed by atoms with van der Waals surface area (Å²) in [6, 6.07) is 0. The van der Waals surface area contributed by atoms with E-state index in [4.69, 9.17) is 4.74 Å². The molecule has 0 fully saturated rings. The summed E-state index contributed by atoms with van der Waals surface area (Å²) in [5.74, 6) is 0.236. The molecule has 7 nitrogen and oxygen atoms in total. The number of nitro groups is 1. The predicted octanol–water partition coefficient (Wildman–Crippen LogP) is 0.849. The molecule has 1 rings (SSSR count). The van der Waals surface area contributed by atoms with Crippen LogP contribution in [0.5, 0.6) is 5.88 Å². The molecular formula is C8H12N4O3. The van der Waals surface area contributed by atoms with Crippen molar-refractivity contribution in [2.24, 2.45) is 0 Å². The lowest BCUT2D eigenvalue weighted by molar-refractivity contribution is -0.385. The Morgan fingerprint density at radius 1 is 1.53 bits per heavy atom. The van der Waals surface area contributed by atoms with Gasteiger partial charge in [0.15, 0.2) is 0 Å². The van der Waals surface area contributed by atoms with Crippen molar-refractivity contribution in [2.75, 3.05) is 25.6 Å². The van der Waals surface area contributed by atoms with E-state index in [9.17, 15) is 10.1 Å². The minimum atomic E-state index is -0.541. The van der Waals surface area contributed by atoms with Crippen LogP contribution in [0.25, 0.3) is 0 Å². The van der Waals surface area contributed by atoms with Gasteiger partial charge >= 0.3 is 5.69 Å². The molecule has 1 aromatic rings. The first kappa shape index (κ1) is 11.2. The Morgan fingerprint density at radius 3 is 2.67 bits per heavy atom. The average molecular weight is 212 g/mol. The lowest BCUT2D eigenvalue weighted by atomic mass is 10.4. The van der Waals surface area contributed by atoms with Crippen molar-refractivity contribution in [3.8, 4) is 5.88 Å². The molecule has 0 spiro atoms. The van der Waals surface area contributed by atoms with Crippen LogP contribution in [-0.2, 0) is 0 Å². The number of hydrogen-bond donors (Lipinski definition) is 0. The Balaban J connectivity index is 3.28. The number of hydrogen-bond acceptors (Lipinski definition) is 6. The topological polar surface area (TPSA) is 81.4 Å². The molecule has 0 aliphatic carbocycles. The highest BCUT2D eigenvalue weighted by Gasteiger charge is 2.25. The molecule has 0 unspecified atom stereocenters. The molecule has 0 saturated carbocycles. The van der Waals surface area contributed by atoms with E-state index in [-0.39, 0.29) is 17.4 Å². The Morgan fingerprint density at radius 2 is 2.20 bits per heavy atom. The first-order chi connectivity index (χ1) is 7.07. The van der Waals surface area contributed by atoms with Crippen LogP contribution >= 0.6 is 0 Å². The standard InChI is InChI=1S/C8H12N4O3/c1-4-15-8-6(12(13)14)7(11(2)3)9-5-10-8/h5H,4H2,1-3H3. The third-order valence-corrected chi connectivity index (χ3v) is 1.66. The largest absolute Gasteiger partial charge is 0.473 e. The minimum Gasteiger partial charge on any atom is -0.473 e. The highest BCUT2D eigenvalue weighted by molar-refractivity contribution is 5.61. The Kier molecular flexibility index (Phi) is 3.37. The molecule has 0 aliphatic rings. The Labute approximate surface area is 86.9 Å². The van der Waals surface area contributed by atoms with Crippen molar-refractivity contribution in [2.45, 2.75) is 6.92 Å². The van der Waals surface area contributed by atoms with Crippen LogP contribution in [0.3, 0.4) is 0 Å². The van der Waals surface area contributed by atoms with Crippen molar-refractivity contribution in [3.05, 3.63) is 16.4 Å².